The summed E-state index contributed by atoms with van der Waals surface area (Å²) in [7, 11) is 0. The summed E-state index contributed by atoms with van der Waals surface area (Å²) in [5.41, 5.74) is 1.94. The van der Waals surface area contributed by atoms with Gasteiger partial charge in [0.25, 0.3) is 0 Å². The maximum Gasteiger partial charge on any atom is 0.243 e. The Labute approximate surface area is 130 Å². The molecule has 1 aromatic rings. The second kappa shape index (κ2) is 7.66. The van der Waals surface area contributed by atoms with Gasteiger partial charge in [0, 0.05) is 24.3 Å². The molecule has 3 nitrogen and oxygen atoms in total. The van der Waals surface area contributed by atoms with Crippen molar-refractivity contribution in [1.82, 2.24) is 5.01 Å². The van der Waals surface area contributed by atoms with Crippen molar-refractivity contribution in [3.63, 3.8) is 0 Å². The Hall–Kier alpha value is -2.05. The Kier molecular flexibility index (Phi) is 5.59. The highest BCUT2D eigenvalue weighted by Crippen LogP contribution is 2.13. The third-order valence-electron chi connectivity index (χ3n) is 3.00. The Morgan fingerprint density at radius 3 is 2.71 bits per heavy atom. The average molecular weight is 301 g/mol. The van der Waals surface area contributed by atoms with Crippen molar-refractivity contribution in [2.24, 2.45) is 5.10 Å². The summed E-state index contributed by atoms with van der Waals surface area (Å²) in [5, 5.41) is 6.52. The Morgan fingerprint density at radius 1 is 1.24 bits per heavy atom. The van der Waals surface area contributed by atoms with Crippen molar-refractivity contribution in [2.75, 3.05) is 6.54 Å². The number of halogens is 1. The summed E-state index contributed by atoms with van der Waals surface area (Å²) in [6.45, 7) is 2.35. The molecule has 0 unspecified atom stereocenters. The molecular formula is C17H17ClN2O. The maximum absolute atomic E-state index is 11.8. The van der Waals surface area contributed by atoms with Crippen molar-refractivity contribution in [3.05, 3.63) is 40.9 Å². The number of amides is 1. The standard InChI is InChI=1S/C17H17ClN2O/c1-2-3-4-13-20-17(21)12-11-16(19-20)10-7-14-5-8-15(18)9-6-14/h5-10H,2,11-13H2,1H3. The summed E-state index contributed by atoms with van der Waals surface area (Å²) in [4.78, 5) is 11.8. The normalized spacial score (nSPS) is 14.9. The molecule has 1 aliphatic rings. The summed E-state index contributed by atoms with van der Waals surface area (Å²) < 4.78 is 0. The Bertz CT molecular complexity index is 620. The van der Waals surface area contributed by atoms with Crippen molar-refractivity contribution < 1.29 is 4.79 Å². The minimum Gasteiger partial charge on any atom is -0.273 e. The first kappa shape index (κ1) is 15.3. The van der Waals surface area contributed by atoms with Gasteiger partial charge in [-0.3, -0.25) is 4.79 Å². The predicted molar refractivity (Wildman–Crippen MR) is 86.9 cm³/mol. The van der Waals surface area contributed by atoms with Gasteiger partial charge in [-0.05, 0) is 23.8 Å². The first-order valence-corrected chi connectivity index (χ1v) is 7.34. The molecule has 0 aromatic heterocycles. The zero-order chi connectivity index (χ0) is 15.1. The van der Waals surface area contributed by atoms with E-state index in [0.29, 0.717) is 24.4 Å². The molecule has 1 amide bonds. The third kappa shape index (κ3) is 4.77. The maximum atomic E-state index is 11.8. The van der Waals surface area contributed by atoms with Gasteiger partial charge in [-0.1, -0.05) is 42.7 Å². The molecule has 4 heteroatoms. The van der Waals surface area contributed by atoms with Crippen LogP contribution in [0, 0.1) is 11.8 Å². The van der Waals surface area contributed by atoms with Gasteiger partial charge < -0.3 is 0 Å². The molecule has 0 saturated heterocycles. The van der Waals surface area contributed by atoms with Gasteiger partial charge in [-0.15, -0.1) is 5.92 Å². The van der Waals surface area contributed by atoms with Crippen LogP contribution in [0.5, 0.6) is 0 Å². The van der Waals surface area contributed by atoms with Gasteiger partial charge in [0.2, 0.25) is 5.91 Å². The van der Waals surface area contributed by atoms with Gasteiger partial charge in [-0.2, -0.15) is 5.10 Å². The van der Waals surface area contributed by atoms with E-state index in [0.717, 1.165) is 17.7 Å². The third-order valence-corrected chi connectivity index (χ3v) is 3.25. The zero-order valence-electron chi connectivity index (χ0n) is 12.0. The highest BCUT2D eigenvalue weighted by Gasteiger charge is 2.17. The van der Waals surface area contributed by atoms with Crippen LogP contribution >= 0.6 is 11.6 Å². The Morgan fingerprint density at radius 2 is 2.00 bits per heavy atom. The van der Waals surface area contributed by atoms with Crippen LogP contribution in [0.25, 0.3) is 6.08 Å². The largest absolute Gasteiger partial charge is 0.273 e. The van der Waals surface area contributed by atoms with E-state index < -0.39 is 0 Å². The number of benzene rings is 1. The fourth-order valence-electron chi connectivity index (χ4n) is 1.89. The van der Waals surface area contributed by atoms with Crippen molar-refractivity contribution in [1.29, 1.82) is 0 Å². The van der Waals surface area contributed by atoms with E-state index in [1.807, 2.05) is 43.3 Å². The molecule has 0 spiro atoms. The number of allylic oxidation sites excluding steroid dienone is 1. The second-order valence-electron chi connectivity index (χ2n) is 4.63. The summed E-state index contributed by atoms with van der Waals surface area (Å²) in [5.74, 6) is 5.93. The fraction of sp³-hybridized carbons (Fsp3) is 0.294. The molecule has 0 N–H and O–H groups in total. The van der Waals surface area contributed by atoms with Crippen molar-refractivity contribution in [2.45, 2.75) is 26.2 Å². The van der Waals surface area contributed by atoms with E-state index in [-0.39, 0.29) is 5.91 Å². The van der Waals surface area contributed by atoms with E-state index in [9.17, 15) is 4.79 Å². The average Bonchev–Trinajstić information content (AvgIpc) is 2.49. The highest BCUT2D eigenvalue weighted by molar-refractivity contribution is 6.30. The number of hydrazone groups is 1. The first-order valence-electron chi connectivity index (χ1n) is 6.96. The van der Waals surface area contributed by atoms with Gasteiger partial charge in [0.1, 0.15) is 6.54 Å². The lowest BCUT2D eigenvalue weighted by Gasteiger charge is -2.20. The molecule has 0 fully saturated rings. The fourth-order valence-corrected chi connectivity index (χ4v) is 2.01. The molecule has 1 aromatic carbocycles. The van der Waals surface area contributed by atoms with Crippen LogP contribution in [0.2, 0.25) is 5.02 Å². The monoisotopic (exact) mass is 300 g/mol. The quantitative estimate of drug-likeness (QED) is 0.783. The Balaban J connectivity index is 2.06. The molecule has 0 saturated carbocycles. The van der Waals surface area contributed by atoms with Crippen molar-refractivity contribution in [3.8, 4) is 11.8 Å². The van der Waals surface area contributed by atoms with Crippen LogP contribution in [0.15, 0.2) is 35.4 Å². The molecule has 0 bridgehead atoms. The molecule has 0 atom stereocenters. The van der Waals surface area contributed by atoms with Crippen LogP contribution in [0.1, 0.15) is 31.7 Å². The van der Waals surface area contributed by atoms with E-state index in [2.05, 4.69) is 16.9 Å². The van der Waals surface area contributed by atoms with Crippen LogP contribution < -0.4 is 0 Å². The van der Waals surface area contributed by atoms with E-state index in [4.69, 9.17) is 11.6 Å². The molecule has 21 heavy (non-hydrogen) atoms. The minimum absolute atomic E-state index is 0.0315. The lowest BCUT2D eigenvalue weighted by atomic mass is 10.1. The predicted octanol–water partition coefficient (Wildman–Crippen LogP) is 3.75. The molecule has 108 valence electrons. The second-order valence-corrected chi connectivity index (χ2v) is 5.07. The topological polar surface area (TPSA) is 32.7 Å². The number of hydrogen-bond donors (Lipinski definition) is 0. The zero-order valence-corrected chi connectivity index (χ0v) is 12.7. The molecule has 1 aliphatic heterocycles. The number of carbonyl (C=O) groups is 1. The smallest absolute Gasteiger partial charge is 0.243 e. The van der Waals surface area contributed by atoms with Gasteiger partial charge in [0.15, 0.2) is 0 Å². The molecule has 2 rings (SSSR count). The van der Waals surface area contributed by atoms with Gasteiger partial charge in [0.05, 0.1) is 5.71 Å². The minimum atomic E-state index is 0.0315. The van der Waals surface area contributed by atoms with Crippen molar-refractivity contribution >= 4 is 29.3 Å². The van der Waals surface area contributed by atoms with E-state index >= 15 is 0 Å². The van der Waals surface area contributed by atoms with Gasteiger partial charge in [-0.25, -0.2) is 5.01 Å². The molecule has 0 aliphatic carbocycles. The number of rotatable bonds is 3. The summed E-state index contributed by atoms with van der Waals surface area (Å²) in [6.07, 6.45) is 5.85. The van der Waals surface area contributed by atoms with Crippen LogP contribution in [-0.4, -0.2) is 23.2 Å². The van der Waals surface area contributed by atoms with E-state index in [1.54, 1.807) is 0 Å². The molecule has 0 radical (unpaired) electrons. The summed E-state index contributed by atoms with van der Waals surface area (Å²) >= 11 is 5.85. The van der Waals surface area contributed by atoms with Crippen LogP contribution in [0.3, 0.4) is 0 Å². The SMILES string of the molecule is CCC#CCN1N=C(C=Cc2ccc(Cl)cc2)CCC1=O. The van der Waals surface area contributed by atoms with Gasteiger partial charge >= 0.3 is 0 Å². The number of nitrogens with zero attached hydrogens (tertiary/aromatic N) is 2. The summed E-state index contributed by atoms with van der Waals surface area (Å²) in [6, 6.07) is 7.58. The lowest BCUT2D eigenvalue weighted by molar-refractivity contribution is -0.131. The highest BCUT2D eigenvalue weighted by atomic mass is 35.5. The lowest BCUT2D eigenvalue weighted by Crippen LogP contribution is -2.31. The van der Waals surface area contributed by atoms with Crippen LogP contribution in [-0.2, 0) is 4.79 Å². The van der Waals surface area contributed by atoms with E-state index in [1.165, 1.54) is 5.01 Å². The molecular weight excluding hydrogens is 284 g/mol. The van der Waals surface area contributed by atoms with Crippen LogP contribution in [0.4, 0.5) is 0 Å². The molecule has 1 heterocycles. The first-order chi connectivity index (χ1) is 10.2. The number of hydrogen-bond acceptors (Lipinski definition) is 2. The number of carbonyl (C=O) groups excluding carboxylic acids is 1.